The lowest BCUT2D eigenvalue weighted by Gasteiger charge is -2.10. The van der Waals surface area contributed by atoms with Gasteiger partial charge in [-0.25, -0.2) is 4.68 Å². The summed E-state index contributed by atoms with van der Waals surface area (Å²) < 4.78 is 6.87. The molecule has 1 aromatic carbocycles. The standard InChI is InChI=1S/C18H21N5O2/c1-12(18-13(2)21-25-14(18)3)9-17(24)19-16-11-23(22-20-16)10-15-7-5-4-6-8-15/h4-8,11-12H,9-10H2,1-3H3,(H,19,24). The molecule has 0 aliphatic heterocycles. The maximum Gasteiger partial charge on any atom is 0.226 e. The second-order valence-electron chi connectivity index (χ2n) is 6.18. The van der Waals surface area contributed by atoms with Gasteiger partial charge in [-0.05, 0) is 25.3 Å². The number of benzene rings is 1. The van der Waals surface area contributed by atoms with Gasteiger partial charge in [0.05, 0.1) is 18.4 Å². The molecule has 2 aromatic heterocycles. The van der Waals surface area contributed by atoms with Gasteiger partial charge in [0.2, 0.25) is 5.91 Å². The van der Waals surface area contributed by atoms with Crippen molar-refractivity contribution in [3.8, 4) is 0 Å². The van der Waals surface area contributed by atoms with Crippen LogP contribution < -0.4 is 5.32 Å². The number of aryl methyl sites for hydroxylation is 2. The predicted octanol–water partition coefficient (Wildman–Crippen LogP) is 3.06. The molecule has 2 heterocycles. The largest absolute Gasteiger partial charge is 0.361 e. The van der Waals surface area contributed by atoms with Gasteiger partial charge in [0, 0.05) is 12.0 Å². The van der Waals surface area contributed by atoms with Gasteiger partial charge >= 0.3 is 0 Å². The zero-order chi connectivity index (χ0) is 17.8. The van der Waals surface area contributed by atoms with Gasteiger partial charge in [0.25, 0.3) is 0 Å². The first-order chi connectivity index (χ1) is 12.0. The molecule has 1 N–H and O–H groups in total. The smallest absolute Gasteiger partial charge is 0.226 e. The van der Waals surface area contributed by atoms with E-state index in [9.17, 15) is 4.79 Å². The highest BCUT2D eigenvalue weighted by molar-refractivity contribution is 5.90. The Kier molecular flexibility index (Phi) is 4.92. The van der Waals surface area contributed by atoms with E-state index in [2.05, 4.69) is 20.8 Å². The van der Waals surface area contributed by atoms with Crippen LogP contribution in [0.3, 0.4) is 0 Å². The second kappa shape index (κ2) is 7.29. The van der Waals surface area contributed by atoms with E-state index in [0.29, 0.717) is 18.8 Å². The molecule has 0 spiro atoms. The lowest BCUT2D eigenvalue weighted by molar-refractivity contribution is -0.116. The Morgan fingerprint density at radius 2 is 2.04 bits per heavy atom. The highest BCUT2D eigenvalue weighted by Crippen LogP contribution is 2.26. The summed E-state index contributed by atoms with van der Waals surface area (Å²) in [5.74, 6) is 1.11. The number of carbonyl (C=O) groups is 1. The number of hydrogen-bond donors (Lipinski definition) is 1. The molecule has 0 radical (unpaired) electrons. The van der Waals surface area contributed by atoms with Crippen LogP contribution in [-0.2, 0) is 11.3 Å². The van der Waals surface area contributed by atoms with Crippen molar-refractivity contribution in [2.75, 3.05) is 5.32 Å². The molecule has 0 aliphatic carbocycles. The third kappa shape index (κ3) is 4.12. The van der Waals surface area contributed by atoms with Gasteiger partial charge in [-0.15, -0.1) is 5.10 Å². The van der Waals surface area contributed by atoms with Crippen molar-refractivity contribution in [1.29, 1.82) is 0 Å². The van der Waals surface area contributed by atoms with Crippen LogP contribution in [0.5, 0.6) is 0 Å². The minimum absolute atomic E-state index is 0.0191. The number of nitrogens with one attached hydrogen (secondary N) is 1. The number of aromatic nitrogens is 4. The maximum absolute atomic E-state index is 12.3. The summed E-state index contributed by atoms with van der Waals surface area (Å²) in [5, 5.41) is 14.8. The van der Waals surface area contributed by atoms with E-state index in [1.165, 1.54) is 0 Å². The van der Waals surface area contributed by atoms with E-state index in [4.69, 9.17) is 4.52 Å². The lowest BCUT2D eigenvalue weighted by atomic mass is 9.96. The van der Waals surface area contributed by atoms with E-state index in [1.807, 2.05) is 51.1 Å². The van der Waals surface area contributed by atoms with Crippen LogP contribution in [0.4, 0.5) is 5.82 Å². The minimum Gasteiger partial charge on any atom is -0.361 e. The van der Waals surface area contributed by atoms with Gasteiger partial charge in [-0.2, -0.15) is 0 Å². The first-order valence-corrected chi connectivity index (χ1v) is 8.19. The van der Waals surface area contributed by atoms with Gasteiger partial charge in [0.1, 0.15) is 5.76 Å². The molecule has 25 heavy (non-hydrogen) atoms. The first kappa shape index (κ1) is 16.9. The summed E-state index contributed by atoms with van der Waals surface area (Å²) in [6.45, 7) is 6.34. The van der Waals surface area contributed by atoms with Crippen LogP contribution in [0.1, 0.15) is 41.8 Å². The topological polar surface area (TPSA) is 85.8 Å². The van der Waals surface area contributed by atoms with Crippen LogP contribution in [0.2, 0.25) is 0 Å². The monoisotopic (exact) mass is 339 g/mol. The SMILES string of the molecule is Cc1noc(C)c1C(C)CC(=O)Nc1cn(Cc2ccccc2)nn1. The van der Waals surface area contributed by atoms with Gasteiger partial charge in [-0.1, -0.05) is 47.6 Å². The molecule has 130 valence electrons. The van der Waals surface area contributed by atoms with Crippen molar-refractivity contribution in [1.82, 2.24) is 20.2 Å². The Labute approximate surface area is 146 Å². The fraction of sp³-hybridized carbons (Fsp3) is 0.333. The zero-order valence-corrected chi connectivity index (χ0v) is 14.6. The minimum atomic E-state index is -0.112. The third-order valence-corrected chi connectivity index (χ3v) is 4.07. The quantitative estimate of drug-likeness (QED) is 0.746. The molecular weight excluding hydrogens is 318 g/mol. The number of anilines is 1. The predicted molar refractivity (Wildman–Crippen MR) is 93.2 cm³/mol. The van der Waals surface area contributed by atoms with Crippen molar-refractivity contribution < 1.29 is 9.32 Å². The molecule has 1 unspecified atom stereocenters. The second-order valence-corrected chi connectivity index (χ2v) is 6.18. The van der Waals surface area contributed by atoms with E-state index in [-0.39, 0.29) is 11.8 Å². The van der Waals surface area contributed by atoms with Crippen LogP contribution in [0.15, 0.2) is 41.1 Å². The molecule has 1 amide bonds. The molecule has 0 saturated heterocycles. The summed E-state index contributed by atoms with van der Waals surface area (Å²) >= 11 is 0. The van der Waals surface area contributed by atoms with Crippen LogP contribution in [-0.4, -0.2) is 26.1 Å². The summed E-state index contributed by atoms with van der Waals surface area (Å²) in [6.07, 6.45) is 2.06. The summed E-state index contributed by atoms with van der Waals surface area (Å²) in [6, 6.07) is 9.96. The van der Waals surface area contributed by atoms with E-state index in [0.717, 1.165) is 22.6 Å². The highest BCUT2D eigenvalue weighted by atomic mass is 16.5. The molecule has 0 saturated carbocycles. The molecule has 3 rings (SSSR count). The normalized spacial score (nSPS) is 12.1. The van der Waals surface area contributed by atoms with Crippen LogP contribution >= 0.6 is 0 Å². The maximum atomic E-state index is 12.3. The fourth-order valence-electron chi connectivity index (χ4n) is 2.97. The van der Waals surface area contributed by atoms with Crippen LogP contribution in [0, 0.1) is 13.8 Å². The Bertz CT molecular complexity index is 834. The third-order valence-electron chi connectivity index (χ3n) is 4.07. The number of amides is 1. The van der Waals surface area contributed by atoms with Crippen molar-refractivity contribution in [3.63, 3.8) is 0 Å². The number of rotatable bonds is 6. The van der Waals surface area contributed by atoms with Gasteiger partial charge in [-0.3, -0.25) is 4.79 Å². The molecule has 3 aromatic rings. The van der Waals surface area contributed by atoms with Crippen LogP contribution in [0.25, 0.3) is 0 Å². The number of hydrogen-bond acceptors (Lipinski definition) is 5. The van der Waals surface area contributed by atoms with Gasteiger partial charge < -0.3 is 9.84 Å². The molecule has 0 fully saturated rings. The molecule has 1 atom stereocenters. The Hall–Kier alpha value is -2.96. The summed E-state index contributed by atoms with van der Waals surface area (Å²) in [4.78, 5) is 12.3. The van der Waals surface area contributed by atoms with Crippen molar-refractivity contribution in [3.05, 3.63) is 59.1 Å². The molecule has 7 heteroatoms. The Morgan fingerprint density at radius 1 is 1.28 bits per heavy atom. The fourth-order valence-corrected chi connectivity index (χ4v) is 2.97. The zero-order valence-electron chi connectivity index (χ0n) is 14.6. The average molecular weight is 339 g/mol. The highest BCUT2D eigenvalue weighted by Gasteiger charge is 2.19. The Morgan fingerprint density at radius 3 is 2.72 bits per heavy atom. The molecule has 0 bridgehead atoms. The number of carbonyl (C=O) groups excluding carboxylic acids is 1. The molecule has 0 aliphatic rings. The molecular formula is C18H21N5O2. The summed E-state index contributed by atoms with van der Waals surface area (Å²) in [7, 11) is 0. The lowest BCUT2D eigenvalue weighted by Crippen LogP contribution is -2.15. The van der Waals surface area contributed by atoms with Crippen molar-refractivity contribution in [2.45, 2.75) is 39.7 Å². The van der Waals surface area contributed by atoms with Crippen molar-refractivity contribution >= 4 is 11.7 Å². The van der Waals surface area contributed by atoms with E-state index >= 15 is 0 Å². The van der Waals surface area contributed by atoms with E-state index in [1.54, 1.807) is 10.9 Å². The average Bonchev–Trinajstić information content (AvgIpc) is 3.14. The molecule has 7 nitrogen and oxygen atoms in total. The van der Waals surface area contributed by atoms with E-state index < -0.39 is 0 Å². The summed E-state index contributed by atoms with van der Waals surface area (Å²) in [5.41, 5.74) is 2.94. The van der Waals surface area contributed by atoms with Gasteiger partial charge in [0.15, 0.2) is 5.82 Å². The van der Waals surface area contributed by atoms with Crippen molar-refractivity contribution in [2.24, 2.45) is 0 Å². The number of nitrogens with zero attached hydrogens (tertiary/aromatic N) is 4. The Balaban J connectivity index is 1.58. The first-order valence-electron chi connectivity index (χ1n) is 8.19.